The van der Waals surface area contributed by atoms with Crippen LogP contribution in [0.2, 0.25) is 0 Å². The van der Waals surface area contributed by atoms with Crippen LogP contribution in [0.4, 0.5) is 8.78 Å². The van der Waals surface area contributed by atoms with Crippen LogP contribution in [-0.4, -0.2) is 23.4 Å². The van der Waals surface area contributed by atoms with E-state index in [9.17, 15) is 13.6 Å². The van der Waals surface area contributed by atoms with E-state index >= 15 is 0 Å². The van der Waals surface area contributed by atoms with E-state index in [0.29, 0.717) is 24.9 Å². The maximum Gasteiger partial charge on any atom is 0.252 e. The number of allylic oxidation sites excluding steroid dienone is 4. The molecular formula is C29H34F2N2O. The lowest BCUT2D eigenvalue weighted by Gasteiger charge is -2.28. The SMILES string of the molecule is O=C(NCC1CCC(F)(F)CC1)c1c(C2=CCCCC2)ccc2nc(C3=CCCCC3)ccc12. The Morgan fingerprint density at radius 3 is 2.32 bits per heavy atom. The van der Waals surface area contributed by atoms with Crippen LogP contribution in [0, 0.1) is 5.92 Å². The maximum absolute atomic E-state index is 13.6. The maximum atomic E-state index is 13.6. The summed E-state index contributed by atoms with van der Waals surface area (Å²) in [5.41, 5.74) is 6.05. The summed E-state index contributed by atoms with van der Waals surface area (Å²) in [5, 5.41) is 3.97. The van der Waals surface area contributed by atoms with Gasteiger partial charge in [-0.15, -0.1) is 0 Å². The van der Waals surface area contributed by atoms with Crippen LogP contribution in [0.3, 0.4) is 0 Å². The molecule has 1 saturated carbocycles. The molecule has 5 rings (SSSR count). The van der Waals surface area contributed by atoms with E-state index < -0.39 is 5.92 Å². The topological polar surface area (TPSA) is 42.0 Å². The van der Waals surface area contributed by atoms with E-state index in [-0.39, 0.29) is 24.7 Å². The first-order valence-corrected chi connectivity index (χ1v) is 13.0. The van der Waals surface area contributed by atoms with Gasteiger partial charge in [0.15, 0.2) is 0 Å². The van der Waals surface area contributed by atoms with Crippen LogP contribution in [0.5, 0.6) is 0 Å². The van der Waals surface area contributed by atoms with Crippen molar-refractivity contribution in [3.05, 3.63) is 53.2 Å². The number of fused-ring (bicyclic) bond motifs is 1. The van der Waals surface area contributed by atoms with Crippen LogP contribution in [0.1, 0.15) is 98.7 Å². The van der Waals surface area contributed by atoms with E-state index in [0.717, 1.165) is 54.3 Å². The second-order valence-corrected chi connectivity index (χ2v) is 10.2. The highest BCUT2D eigenvalue weighted by molar-refractivity contribution is 6.10. The Kier molecular flexibility index (Phi) is 6.80. The Hall–Kier alpha value is -2.56. The summed E-state index contributed by atoms with van der Waals surface area (Å²) < 4.78 is 27.1. The summed E-state index contributed by atoms with van der Waals surface area (Å²) in [6.07, 6.45) is 14.2. The van der Waals surface area contributed by atoms with Gasteiger partial charge in [0.05, 0.1) is 16.8 Å². The van der Waals surface area contributed by atoms with Gasteiger partial charge in [0, 0.05) is 24.8 Å². The molecule has 5 heteroatoms. The number of hydrogen-bond donors (Lipinski definition) is 1. The van der Waals surface area contributed by atoms with Gasteiger partial charge in [-0.25, -0.2) is 13.8 Å². The third-order valence-electron chi connectivity index (χ3n) is 7.74. The minimum Gasteiger partial charge on any atom is -0.352 e. The molecular weight excluding hydrogens is 430 g/mol. The predicted molar refractivity (Wildman–Crippen MR) is 134 cm³/mol. The number of carbonyl (C=O) groups is 1. The van der Waals surface area contributed by atoms with Crippen molar-refractivity contribution in [2.24, 2.45) is 5.92 Å². The first-order chi connectivity index (χ1) is 16.5. The lowest BCUT2D eigenvalue weighted by molar-refractivity contribution is -0.0452. The lowest BCUT2D eigenvalue weighted by Crippen LogP contribution is -2.34. The van der Waals surface area contributed by atoms with Gasteiger partial charge in [0.2, 0.25) is 5.92 Å². The Balaban J connectivity index is 1.45. The third-order valence-corrected chi connectivity index (χ3v) is 7.74. The number of halogens is 2. The molecule has 1 aromatic heterocycles. The number of nitrogens with zero attached hydrogens (tertiary/aromatic N) is 1. The van der Waals surface area contributed by atoms with Crippen molar-refractivity contribution >= 4 is 28.0 Å². The number of amides is 1. The fraction of sp³-hybridized carbons (Fsp3) is 0.517. The average molecular weight is 465 g/mol. The highest BCUT2D eigenvalue weighted by Crippen LogP contribution is 2.37. The molecule has 1 aromatic carbocycles. The number of carbonyl (C=O) groups excluding carboxylic acids is 1. The standard InChI is InChI=1S/C29H34F2N2O/c30-29(31)17-15-20(16-18-29)19-32-28(34)27-23(21-7-3-1-4-8-21)11-14-26-24(27)12-13-25(33-26)22-9-5-2-6-10-22/h7,9,11-14,20H,1-6,8,10,15-19H2,(H,32,34). The summed E-state index contributed by atoms with van der Waals surface area (Å²) in [5.74, 6) is -2.55. The molecule has 1 N–H and O–H groups in total. The van der Waals surface area contributed by atoms with Crippen LogP contribution < -0.4 is 5.32 Å². The lowest BCUT2D eigenvalue weighted by atomic mass is 9.86. The van der Waals surface area contributed by atoms with Crippen molar-refractivity contribution in [2.75, 3.05) is 6.54 Å². The summed E-state index contributed by atoms with van der Waals surface area (Å²) in [4.78, 5) is 18.5. The zero-order chi connectivity index (χ0) is 23.5. The molecule has 1 heterocycles. The first kappa shape index (κ1) is 23.2. The number of hydrogen-bond acceptors (Lipinski definition) is 2. The Morgan fingerprint density at radius 2 is 1.65 bits per heavy atom. The number of rotatable bonds is 5. The summed E-state index contributed by atoms with van der Waals surface area (Å²) in [6, 6.07) is 8.21. The van der Waals surface area contributed by atoms with Crippen LogP contribution in [0.15, 0.2) is 36.4 Å². The van der Waals surface area contributed by atoms with Gasteiger partial charge in [-0.05, 0) is 105 Å². The van der Waals surface area contributed by atoms with Gasteiger partial charge < -0.3 is 5.32 Å². The second kappa shape index (κ2) is 9.97. The second-order valence-electron chi connectivity index (χ2n) is 10.2. The van der Waals surface area contributed by atoms with E-state index in [1.165, 1.54) is 30.4 Å². The van der Waals surface area contributed by atoms with Gasteiger partial charge in [0.1, 0.15) is 0 Å². The minimum atomic E-state index is -2.55. The van der Waals surface area contributed by atoms with Crippen molar-refractivity contribution in [2.45, 2.75) is 83.0 Å². The normalized spacial score (nSPS) is 21.1. The predicted octanol–water partition coefficient (Wildman–Crippen LogP) is 7.70. The van der Waals surface area contributed by atoms with Crippen molar-refractivity contribution in [3.63, 3.8) is 0 Å². The molecule has 34 heavy (non-hydrogen) atoms. The summed E-state index contributed by atoms with van der Waals surface area (Å²) in [6.45, 7) is 0.447. The molecule has 3 aliphatic rings. The van der Waals surface area contributed by atoms with Gasteiger partial charge in [-0.2, -0.15) is 0 Å². The van der Waals surface area contributed by atoms with Crippen molar-refractivity contribution < 1.29 is 13.6 Å². The molecule has 3 nitrogen and oxygen atoms in total. The number of benzene rings is 1. The molecule has 0 spiro atoms. The molecule has 0 atom stereocenters. The number of nitrogens with one attached hydrogen (secondary N) is 1. The molecule has 0 radical (unpaired) electrons. The first-order valence-electron chi connectivity index (χ1n) is 13.0. The largest absolute Gasteiger partial charge is 0.352 e. The van der Waals surface area contributed by atoms with Gasteiger partial charge in [-0.3, -0.25) is 4.79 Å². The van der Waals surface area contributed by atoms with Crippen molar-refractivity contribution in [1.29, 1.82) is 0 Å². The number of aromatic nitrogens is 1. The molecule has 0 aliphatic heterocycles. The molecule has 0 bridgehead atoms. The molecule has 2 aromatic rings. The highest BCUT2D eigenvalue weighted by atomic mass is 19.3. The smallest absolute Gasteiger partial charge is 0.252 e. The molecule has 0 saturated heterocycles. The molecule has 1 fully saturated rings. The van der Waals surface area contributed by atoms with Gasteiger partial charge in [-0.1, -0.05) is 18.2 Å². The highest BCUT2D eigenvalue weighted by Gasteiger charge is 2.35. The average Bonchev–Trinajstić information content (AvgIpc) is 2.88. The van der Waals surface area contributed by atoms with E-state index in [2.05, 4.69) is 35.7 Å². The van der Waals surface area contributed by atoms with Crippen LogP contribution >= 0.6 is 0 Å². The van der Waals surface area contributed by atoms with Crippen LogP contribution in [-0.2, 0) is 0 Å². The third kappa shape index (κ3) is 5.08. The zero-order valence-electron chi connectivity index (χ0n) is 19.8. The zero-order valence-corrected chi connectivity index (χ0v) is 19.8. The van der Waals surface area contributed by atoms with Gasteiger partial charge in [0.25, 0.3) is 5.91 Å². The molecule has 3 aliphatic carbocycles. The Labute approximate surface area is 200 Å². The van der Waals surface area contributed by atoms with Crippen LogP contribution in [0.25, 0.3) is 22.0 Å². The van der Waals surface area contributed by atoms with Crippen molar-refractivity contribution in [3.8, 4) is 0 Å². The number of pyridine rings is 1. The fourth-order valence-corrected chi connectivity index (χ4v) is 5.68. The van der Waals surface area contributed by atoms with E-state index in [4.69, 9.17) is 4.98 Å². The molecule has 180 valence electrons. The van der Waals surface area contributed by atoms with E-state index in [1.807, 2.05) is 6.07 Å². The quantitative estimate of drug-likeness (QED) is 0.492. The van der Waals surface area contributed by atoms with Crippen molar-refractivity contribution in [1.82, 2.24) is 10.3 Å². The summed E-state index contributed by atoms with van der Waals surface area (Å²) in [7, 11) is 0. The Bertz CT molecular complexity index is 1120. The fourth-order valence-electron chi connectivity index (χ4n) is 5.68. The minimum absolute atomic E-state index is 0.0809. The monoisotopic (exact) mass is 464 g/mol. The van der Waals surface area contributed by atoms with Gasteiger partial charge >= 0.3 is 0 Å². The molecule has 0 unspecified atom stereocenters. The molecule has 1 amide bonds. The number of alkyl halides is 2. The Morgan fingerprint density at radius 1 is 0.941 bits per heavy atom. The summed E-state index contributed by atoms with van der Waals surface area (Å²) >= 11 is 0. The van der Waals surface area contributed by atoms with E-state index in [1.54, 1.807) is 0 Å².